The highest BCUT2D eigenvalue weighted by Crippen LogP contribution is 2.31. The van der Waals surface area contributed by atoms with Crippen LogP contribution in [0.15, 0.2) is 48.9 Å². The van der Waals surface area contributed by atoms with Crippen LogP contribution in [0.4, 0.5) is 20.3 Å². The summed E-state index contributed by atoms with van der Waals surface area (Å²) >= 11 is 0. The monoisotopic (exact) mass is 561 g/mol. The number of imidazole rings is 1. The van der Waals surface area contributed by atoms with Gasteiger partial charge in [0.15, 0.2) is 23.0 Å². The van der Waals surface area contributed by atoms with E-state index in [0.29, 0.717) is 41.5 Å². The van der Waals surface area contributed by atoms with Crippen LogP contribution in [-0.2, 0) is 4.79 Å². The number of aryl methyl sites for hydroxylation is 1. The first kappa shape index (κ1) is 26.6. The maximum absolute atomic E-state index is 14.8. The first-order chi connectivity index (χ1) is 19.8. The van der Waals surface area contributed by atoms with Crippen molar-refractivity contribution in [2.24, 2.45) is 0 Å². The van der Waals surface area contributed by atoms with Gasteiger partial charge >= 0.3 is 0 Å². The number of carbonyl (C=O) groups is 2. The van der Waals surface area contributed by atoms with Crippen LogP contribution in [0, 0.1) is 18.6 Å². The van der Waals surface area contributed by atoms with Crippen molar-refractivity contribution in [3.05, 3.63) is 71.7 Å². The van der Waals surface area contributed by atoms with E-state index in [4.69, 9.17) is 4.74 Å². The van der Waals surface area contributed by atoms with Gasteiger partial charge in [0.1, 0.15) is 0 Å². The van der Waals surface area contributed by atoms with E-state index in [0.717, 1.165) is 24.9 Å². The molecule has 0 saturated carbocycles. The summed E-state index contributed by atoms with van der Waals surface area (Å²) in [7, 11) is 1.27. The molecule has 41 heavy (non-hydrogen) atoms. The first-order valence-corrected chi connectivity index (χ1v) is 13.4. The maximum Gasteiger partial charge on any atom is 0.251 e. The van der Waals surface area contributed by atoms with Gasteiger partial charge in [-0.05, 0) is 62.2 Å². The van der Waals surface area contributed by atoms with Gasteiger partial charge in [0.05, 0.1) is 31.1 Å². The predicted octanol–water partition coefficient (Wildman–Crippen LogP) is 3.43. The lowest BCUT2D eigenvalue weighted by Crippen LogP contribution is -2.63. The van der Waals surface area contributed by atoms with Crippen LogP contribution in [0.25, 0.3) is 16.9 Å². The van der Waals surface area contributed by atoms with E-state index in [9.17, 15) is 18.4 Å². The number of fused-ring (bicyclic) bond motifs is 1. The molecule has 0 radical (unpaired) electrons. The van der Waals surface area contributed by atoms with E-state index >= 15 is 0 Å². The number of methoxy groups -OCH3 is 1. The third-order valence-electron chi connectivity index (χ3n) is 7.59. The van der Waals surface area contributed by atoms with Crippen LogP contribution in [0.2, 0.25) is 0 Å². The SMILES string of the molecule is COc1ccc(-c2cnc3c(Nc4ccc(C(=O)NC5CN(C(=O)[C@@H]6CCCN6)C5)c(C)c4)nccn23)c(F)c1F. The summed E-state index contributed by atoms with van der Waals surface area (Å²) < 4.78 is 35.6. The van der Waals surface area contributed by atoms with Gasteiger partial charge in [-0.15, -0.1) is 0 Å². The molecule has 2 amide bonds. The molecule has 2 aliphatic heterocycles. The van der Waals surface area contributed by atoms with E-state index in [-0.39, 0.29) is 35.2 Å². The average Bonchev–Trinajstić information content (AvgIpc) is 3.63. The minimum Gasteiger partial charge on any atom is -0.494 e. The summed E-state index contributed by atoms with van der Waals surface area (Å²) in [6.45, 7) is 3.73. The zero-order valence-electron chi connectivity index (χ0n) is 22.6. The molecule has 2 aromatic carbocycles. The van der Waals surface area contributed by atoms with E-state index in [1.165, 1.54) is 31.6 Å². The lowest BCUT2D eigenvalue weighted by Gasteiger charge is -2.40. The molecule has 2 fully saturated rings. The number of benzene rings is 2. The molecule has 10 nitrogen and oxygen atoms in total. The highest BCUT2D eigenvalue weighted by Gasteiger charge is 2.36. The summed E-state index contributed by atoms with van der Waals surface area (Å²) in [5.41, 5.74) is 2.76. The Morgan fingerprint density at radius 3 is 2.68 bits per heavy atom. The molecular weight excluding hydrogens is 532 g/mol. The van der Waals surface area contributed by atoms with Crippen molar-refractivity contribution < 1.29 is 23.1 Å². The molecule has 4 aromatic rings. The van der Waals surface area contributed by atoms with Crippen molar-refractivity contribution in [3.8, 4) is 17.0 Å². The molecule has 0 unspecified atom stereocenters. The number of aromatic nitrogens is 3. The molecule has 1 atom stereocenters. The Labute approximate surface area is 234 Å². The Bertz CT molecular complexity index is 1650. The Hall–Kier alpha value is -4.58. The van der Waals surface area contributed by atoms with Crippen molar-refractivity contribution in [2.75, 3.05) is 32.1 Å². The number of anilines is 2. The summed E-state index contributed by atoms with van der Waals surface area (Å²) in [5.74, 6) is -1.98. The molecular formula is C29H29F2N7O3. The van der Waals surface area contributed by atoms with Crippen molar-refractivity contribution >= 4 is 29.0 Å². The molecule has 0 spiro atoms. The second kappa shape index (κ2) is 10.8. The molecule has 212 valence electrons. The van der Waals surface area contributed by atoms with Crippen molar-refractivity contribution in [1.82, 2.24) is 29.9 Å². The van der Waals surface area contributed by atoms with Crippen LogP contribution in [0.1, 0.15) is 28.8 Å². The van der Waals surface area contributed by atoms with E-state index < -0.39 is 11.6 Å². The normalized spacial score (nSPS) is 17.0. The molecule has 2 aromatic heterocycles. The van der Waals surface area contributed by atoms with Gasteiger partial charge in [0.2, 0.25) is 11.7 Å². The highest BCUT2D eigenvalue weighted by atomic mass is 19.2. The quantitative estimate of drug-likeness (QED) is 0.317. The fourth-order valence-electron chi connectivity index (χ4n) is 5.36. The number of carbonyl (C=O) groups excluding carboxylic acids is 2. The van der Waals surface area contributed by atoms with Crippen LogP contribution < -0.4 is 20.7 Å². The minimum absolute atomic E-state index is 0.0355. The number of nitrogens with one attached hydrogen (secondary N) is 3. The Kier molecular flexibility index (Phi) is 7.00. The molecule has 4 heterocycles. The summed E-state index contributed by atoms with van der Waals surface area (Å²) in [5, 5.41) is 9.43. The Balaban J connectivity index is 1.14. The van der Waals surface area contributed by atoms with Crippen LogP contribution >= 0.6 is 0 Å². The Morgan fingerprint density at radius 2 is 1.95 bits per heavy atom. The number of hydrogen-bond donors (Lipinski definition) is 3. The van der Waals surface area contributed by atoms with Gasteiger partial charge in [-0.1, -0.05) is 0 Å². The summed E-state index contributed by atoms with van der Waals surface area (Å²) in [4.78, 5) is 36.0. The van der Waals surface area contributed by atoms with Gasteiger partial charge in [-0.2, -0.15) is 4.39 Å². The van der Waals surface area contributed by atoms with Gasteiger partial charge in [0, 0.05) is 42.3 Å². The number of nitrogens with zero attached hydrogens (tertiary/aromatic N) is 4. The molecule has 2 aliphatic rings. The van der Waals surface area contributed by atoms with Crippen LogP contribution in [0.3, 0.4) is 0 Å². The lowest BCUT2D eigenvalue weighted by molar-refractivity contribution is -0.137. The zero-order chi connectivity index (χ0) is 28.7. The fraction of sp³-hybridized carbons (Fsp3) is 0.310. The standard InChI is InChI=1S/C29H29F2N7O3/c1-16-12-17(5-6-19(16)28(39)36-18-14-37(15-18)29(40)21-4-3-9-32-21)35-26-27-34-13-22(38(27)11-10-33-26)20-7-8-23(41-2)25(31)24(20)30/h5-8,10-13,18,21,32H,3-4,9,14-15H2,1-2H3,(H,33,35)(H,36,39)/t21-/m0/s1. The molecule has 6 rings (SSSR count). The summed E-state index contributed by atoms with van der Waals surface area (Å²) in [6.07, 6.45) is 6.46. The molecule has 0 bridgehead atoms. The highest BCUT2D eigenvalue weighted by molar-refractivity contribution is 5.96. The zero-order valence-corrected chi connectivity index (χ0v) is 22.6. The van der Waals surface area contributed by atoms with Crippen molar-refractivity contribution in [1.29, 1.82) is 0 Å². The van der Waals surface area contributed by atoms with E-state index in [1.54, 1.807) is 27.6 Å². The van der Waals surface area contributed by atoms with Gasteiger partial charge in [0.25, 0.3) is 5.91 Å². The predicted molar refractivity (Wildman–Crippen MR) is 148 cm³/mol. The second-order valence-corrected chi connectivity index (χ2v) is 10.3. The molecule has 3 N–H and O–H groups in total. The number of ether oxygens (including phenoxy) is 1. The second-order valence-electron chi connectivity index (χ2n) is 10.3. The largest absolute Gasteiger partial charge is 0.494 e. The third kappa shape index (κ3) is 4.95. The third-order valence-corrected chi connectivity index (χ3v) is 7.59. The maximum atomic E-state index is 14.8. The van der Waals surface area contributed by atoms with Crippen LogP contribution in [-0.4, -0.2) is 69.9 Å². The summed E-state index contributed by atoms with van der Waals surface area (Å²) in [6, 6.07) is 7.93. The molecule has 0 aliphatic carbocycles. The van der Waals surface area contributed by atoms with Gasteiger partial charge in [-0.25, -0.2) is 14.4 Å². The van der Waals surface area contributed by atoms with Gasteiger partial charge < -0.3 is 25.6 Å². The number of halogens is 2. The average molecular weight is 562 g/mol. The fourth-order valence-corrected chi connectivity index (χ4v) is 5.36. The first-order valence-electron chi connectivity index (χ1n) is 13.4. The number of likely N-dealkylation sites (tertiary alicyclic amines) is 1. The van der Waals surface area contributed by atoms with E-state index in [1.807, 2.05) is 13.0 Å². The number of rotatable bonds is 7. The number of hydrogen-bond acceptors (Lipinski definition) is 7. The van der Waals surface area contributed by atoms with Crippen LogP contribution in [0.5, 0.6) is 5.75 Å². The molecule has 2 saturated heterocycles. The minimum atomic E-state index is -1.07. The molecule has 12 heteroatoms. The number of amides is 2. The smallest absolute Gasteiger partial charge is 0.251 e. The van der Waals surface area contributed by atoms with Crippen molar-refractivity contribution in [2.45, 2.75) is 31.8 Å². The van der Waals surface area contributed by atoms with Gasteiger partial charge in [-0.3, -0.25) is 14.0 Å². The van der Waals surface area contributed by atoms with E-state index in [2.05, 4.69) is 25.9 Å². The van der Waals surface area contributed by atoms with Crippen molar-refractivity contribution in [3.63, 3.8) is 0 Å². The topological polar surface area (TPSA) is 113 Å². The Morgan fingerprint density at radius 1 is 1.12 bits per heavy atom. The lowest BCUT2D eigenvalue weighted by atomic mass is 10.0.